The van der Waals surface area contributed by atoms with Gasteiger partial charge in [0.1, 0.15) is 15.4 Å². The molecular weight excluding hydrogens is 542 g/mol. The summed E-state index contributed by atoms with van der Waals surface area (Å²) in [4.78, 5) is 19.9. The van der Waals surface area contributed by atoms with Crippen LogP contribution in [-0.2, 0) is 6.18 Å². The zero-order valence-corrected chi connectivity index (χ0v) is 18.0. The number of hydrogen-bond acceptors (Lipinski definition) is 4. The maximum atomic E-state index is 12.7. The summed E-state index contributed by atoms with van der Waals surface area (Å²) in [6.07, 6.45) is -2.49. The number of hydrogen-bond donors (Lipinski definition) is 1. The highest BCUT2D eigenvalue weighted by Gasteiger charge is 2.31. The Morgan fingerprint density at radius 3 is 2.34 bits per heavy atom. The first-order chi connectivity index (χ1) is 13.6. The molecule has 0 aliphatic rings. The summed E-state index contributed by atoms with van der Waals surface area (Å²) in [5.41, 5.74) is -0.153. The molecule has 0 bridgehead atoms. The van der Waals surface area contributed by atoms with Gasteiger partial charge >= 0.3 is 6.18 Å². The van der Waals surface area contributed by atoms with Crippen molar-refractivity contribution in [3.63, 3.8) is 0 Å². The van der Waals surface area contributed by atoms with Crippen LogP contribution >= 0.6 is 43.5 Å². The lowest BCUT2D eigenvalue weighted by Gasteiger charge is -2.11. The lowest BCUT2D eigenvalue weighted by molar-refractivity contribution is -0.137. The molecule has 0 saturated heterocycles. The number of pyridine rings is 2. The number of rotatable bonds is 4. The Labute approximate surface area is 184 Å². The topological polar surface area (TPSA) is 64.1 Å². The second-order valence-corrected chi connectivity index (χ2v) is 7.65. The predicted octanol–water partition coefficient (Wildman–Crippen LogP) is 6.72. The number of carbonyl (C=O) groups is 1. The molecule has 0 fully saturated rings. The van der Waals surface area contributed by atoms with E-state index in [9.17, 15) is 18.0 Å². The zero-order chi connectivity index (χ0) is 21.2. The SMILES string of the molecule is O=C(Nc1ccc(Oc2ncc(C(F)(F)F)cc2Cl)cc1)c1cnc(Br)cc1Br. The van der Waals surface area contributed by atoms with Crippen molar-refractivity contribution in [2.24, 2.45) is 0 Å². The summed E-state index contributed by atoms with van der Waals surface area (Å²) in [7, 11) is 0. The average molecular weight is 552 g/mol. The summed E-state index contributed by atoms with van der Waals surface area (Å²) in [5, 5.41) is 2.43. The van der Waals surface area contributed by atoms with Crippen molar-refractivity contribution < 1.29 is 22.7 Å². The number of halogens is 6. The number of alkyl halides is 3. The molecule has 11 heteroatoms. The molecule has 3 aromatic rings. The van der Waals surface area contributed by atoms with Gasteiger partial charge in [0.25, 0.3) is 5.91 Å². The van der Waals surface area contributed by atoms with Crippen LogP contribution in [0.4, 0.5) is 18.9 Å². The number of ether oxygens (including phenoxy) is 1. The molecule has 0 saturated carbocycles. The van der Waals surface area contributed by atoms with Crippen molar-refractivity contribution in [3.8, 4) is 11.6 Å². The van der Waals surface area contributed by atoms with Gasteiger partial charge in [0.15, 0.2) is 0 Å². The number of nitrogens with zero attached hydrogens (tertiary/aromatic N) is 2. The van der Waals surface area contributed by atoms with Crippen LogP contribution < -0.4 is 10.1 Å². The smallest absolute Gasteiger partial charge is 0.417 e. The van der Waals surface area contributed by atoms with E-state index in [1.165, 1.54) is 18.3 Å². The average Bonchev–Trinajstić information content (AvgIpc) is 2.64. The van der Waals surface area contributed by atoms with Gasteiger partial charge in [-0.2, -0.15) is 13.2 Å². The highest BCUT2D eigenvalue weighted by atomic mass is 79.9. The maximum Gasteiger partial charge on any atom is 0.417 e. The van der Waals surface area contributed by atoms with Crippen molar-refractivity contribution in [1.82, 2.24) is 9.97 Å². The highest BCUT2D eigenvalue weighted by molar-refractivity contribution is 9.11. The van der Waals surface area contributed by atoms with Crippen molar-refractivity contribution >= 4 is 55.1 Å². The number of aromatic nitrogens is 2. The summed E-state index contributed by atoms with van der Waals surface area (Å²) in [6.45, 7) is 0. The van der Waals surface area contributed by atoms with Gasteiger partial charge in [0, 0.05) is 22.6 Å². The van der Waals surface area contributed by atoms with E-state index in [1.807, 2.05) is 0 Å². The van der Waals surface area contributed by atoms with E-state index < -0.39 is 11.7 Å². The van der Waals surface area contributed by atoms with E-state index in [1.54, 1.807) is 18.2 Å². The molecule has 5 nitrogen and oxygen atoms in total. The molecule has 1 amide bonds. The second kappa shape index (κ2) is 8.68. The van der Waals surface area contributed by atoms with E-state index in [0.29, 0.717) is 26.5 Å². The van der Waals surface area contributed by atoms with Crippen molar-refractivity contribution in [1.29, 1.82) is 0 Å². The molecule has 150 valence electrons. The number of anilines is 1. The minimum absolute atomic E-state index is 0.165. The third-order valence-corrected chi connectivity index (χ3v) is 4.89. The first-order valence-electron chi connectivity index (χ1n) is 7.76. The van der Waals surface area contributed by atoms with Gasteiger partial charge in [0.05, 0.1) is 11.1 Å². The Bertz CT molecular complexity index is 1060. The minimum Gasteiger partial charge on any atom is -0.438 e. The molecule has 2 aromatic heterocycles. The summed E-state index contributed by atoms with van der Waals surface area (Å²) in [5.74, 6) is -0.261. The lowest BCUT2D eigenvalue weighted by Crippen LogP contribution is -2.12. The molecule has 29 heavy (non-hydrogen) atoms. The van der Waals surface area contributed by atoms with Crippen molar-refractivity contribution in [3.05, 3.63) is 74.0 Å². The van der Waals surface area contributed by atoms with Crippen LogP contribution in [0.5, 0.6) is 11.6 Å². The molecule has 3 rings (SSSR count). The van der Waals surface area contributed by atoms with Crippen LogP contribution in [0.15, 0.2) is 57.9 Å². The molecule has 0 aliphatic heterocycles. The normalized spacial score (nSPS) is 11.2. The second-order valence-electron chi connectivity index (χ2n) is 5.58. The number of benzene rings is 1. The highest BCUT2D eigenvalue weighted by Crippen LogP contribution is 2.34. The molecule has 0 unspecified atom stereocenters. The Morgan fingerprint density at radius 1 is 1.07 bits per heavy atom. The molecule has 0 aliphatic carbocycles. The Balaban J connectivity index is 1.70. The molecule has 0 atom stereocenters. The van der Waals surface area contributed by atoms with Gasteiger partial charge in [-0.05, 0) is 68.3 Å². The van der Waals surface area contributed by atoms with Gasteiger partial charge in [-0.1, -0.05) is 11.6 Å². The Kier molecular flexibility index (Phi) is 6.45. The zero-order valence-electron chi connectivity index (χ0n) is 14.1. The predicted molar refractivity (Wildman–Crippen MR) is 108 cm³/mol. The van der Waals surface area contributed by atoms with Crippen LogP contribution in [0.2, 0.25) is 5.02 Å². The van der Waals surface area contributed by atoms with Crippen LogP contribution in [0.3, 0.4) is 0 Å². The van der Waals surface area contributed by atoms with E-state index in [2.05, 4.69) is 47.1 Å². The fraction of sp³-hybridized carbons (Fsp3) is 0.0556. The third-order valence-electron chi connectivity index (χ3n) is 3.53. The number of amides is 1. The molecular formula is C18H9Br2ClF3N3O2. The first-order valence-corrected chi connectivity index (χ1v) is 9.73. The maximum absolute atomic E-state index is 12.7. The molecule has 0 radical (unpaired) electrons. The first kappa shape index (κ1) is 21.5. The molecule has 1 aromatic carbocycles. The van der Waals surface area contributed by atoms with Crippen LogP contribution in [0.1, 0.15) is 15.9 Å². The van der Waals surface area contributed by atoms with E-state index >= 15 is 0 Å². The van der Waals surface area contributed by atoms with Crippen molar-refractivity contribution in [2.75, 3.05) is 5.32 Å². The minimum atomic E-state index is -4.55. The number of nitrogens with one attached hydrogen (secondary N) is 1. The quantitative estimate of drug-likeness (QED) is 0.366. The van der Waals surface area contributed by atoms with Gasteiger partial charge in [-0.3, -0.25) is 4.79 Å². The fourth-order valence-electron chi connectivity index (χ4n) is 2.15. The Hall–Kier alpha value is -2.17. The summed E-state index contributed by atoms with van der Waals surface area (Å²) < 4.78 is 44.5. The van der Waals surface area contributed by atoms with E-state index in [0.717, 1.165) is 6.07 Å². The molecule has 1 N–H and O–H groups in total. The fourth-order valence-corrected chi connectivity index (χ4v) is 3.49. The van der Waals surface area contributed by atoms with Gasteiger partial charge < -0.3 is 10.1 Å². The van der Waals surface area contributed by atoms with Gasteiger partial charge in [-0.25, -0.2) is 9.97 Å². The third kappa shape index (κ3) is 5.46. The monoisotopic (exact) mass is 549 g/mol. The summed E-state index contributed by atoms with van der Waals surface area (Å²) in [6, 6.07) is 8.53. The van der Waals surface area contributed by atoms with Crippen LogP contribution in [0, 0.1) is 0 Å². The molecule has 0 spiro atoms. The van der Waals surface area contributed by atoms with E-state index in [4.69, 9.17) is 16.3 Å². The largest absolute Gasteiger partial charge is 0.438 e. The van der Waals surface area contributed by atoms with Crippen LogP contribution in [0.25, 0.3) is 0 Å². The lowest BCUT2D eigenvalue weighted by atomic mass is 10.2. The summed E-state index contributed by atoms with van der Waals surface area (Å²) >= 11 is 12.3. The van der Waals surface area contributed by atoms with Gasteiger partial charge in [-0.15, -0.1) is 0 Å². The van der Waals surface area contributed by atoms with Crippen LogP contribution in [-0.4, -0.2) is 15.9 Å². The van der Waals surface area contributed by atoms with Crippen molar-refractivity contribution in [2.45, 2.75) is 6.18 Å². The van der Waals surface area contributed by atoms with Gasteiger partial charge in [0.2, 0.25) is 5.88 Å². The standard InChI is InChI=1S/C18H9Br2ClF3N3O2/c19-13-6-15(20)25-8-12(13)16(28)27-10-1-3-11(4-2-10)29-17-14(21)5-9(7-26-17)18(22,23)24/h1-8H,(H,27,28). The number of carbonyl (C=O) groups excluding carboxylic acids is 1. The molecule has 2 heterocycles. The Morgan fingerprint density at radius 2 is 1.76 bits per heavy atom. The van der Waals surface area contributed by atoms with E-state index in [-0.39, 0.29) is 22.6 Å².